The van der Waals surface area contributed by atoms with Crippen LogP contribution in [0.25, 0.3) is 0 Å². The van der Waals surface area contributed by atoms with Gasteiger partial charge < -0.3 is 19.5 Å². The first kappa shape index (κ1) is 24.8. The number of amides is 1. The average Bonchev–Trinajstić information content (AvgIpc) is 2.86. The Balaban J connectivity index is 1.62. The van der Waals surface area contributed by atoms with E-state index in [0.29, 0.717) is 24.0 Å². The zero-order chi connectivity index (χ0) is 24.3. The van der Waals surface area contributed by atoms with Crippen LogP contribution in [0.3, 0.4) is 0 Å². The highest BCUT2D eigenvalue weighted by Crippen LogP contribution is 2.29. The van der Waals surface area contributed by atoms with Crippen LogP contribution in [0.5, 0.6) is 11.5 Å². The molecule has 0 aliphatic rings. The van der Waals surface area contributed by atoms with Gasteiger partial charge in [-0.05, 0) is 41.7 Å². The van der Waals surface area contributed by atoms with Gasteiger partial charge in [0.2, 0.25) is 0 Å². The van der Waals surface area contributed by atoms with Crippen LogP contribution >= 0.6 is 0 Å². The second-order valence-corrected chi connectivity index (χ2v) is 8.29. The van der Waals surface area contributed by atoms with Gasteiger partial charge >= 0.3 is 5.97 Å². The minimum Gasteiger partial charge on any atom is -0.493 e. The lowest BCUT2D eigenvalue weighted by Crippen LogP contribution is -2.33. The van der Waals surface area contributed by atoms with Gasteiger partial charge in [-0.2, -0.15) is 0 Å². The van der Waals surface area contributed by atoms with Crippen LogP contribution in [0.15, 0.2) is 78.9 Å². The van der Waals surface area contributed by atoms with Gasteiger partial charge in [0.15, 0.2) is 18.1 Å². The van der Waals surface area contributed by atoms with E-state index in [1.165, 1.54) is 7.11 Å². The normalized spacial score (nSPS) is 10.7. The Morgan fingerprint density at radius 1 is 0.853 bits per heavy atom. The molecule has 1 amide bonds. The van der Waals surface area contributed by atoms with E-state index in [-0.39, 0.29) is 11.6 Å². The Morgan fingerprint density at radius 3 is 2.03 bits per heavy atom. The summed E-state index contributed by atoms with van der Waals surface area (Å²) >= 11 is 0. The van der Waals surface area contributed by atoms with Crippen LogP contribution in [0.4, 0.5) is 0 Å². The molecule has 0 spiro atoms. The van der Waals surface area contributed by atoms with Gasteiger partial charge in [-0.3, -0.25) is 4.79 Å². The molecule has 0 unspecified atom stereocenters. The summed E-state index contributed by atoms with van der Waals surface area (Å²) in [6, 6.07) is 23.8. The number of ether oxygens (including phenoxy) is 3. The molecule has 0 aromatic heterocycles. The Labute approximate surface area is 200 Å². The van der Waals surface area contributed by atoms with Crippen molar-refractivity contribution >= 4 is 11.9 Å². The van der Waals surface area contributed by atoms with E-state index < -0.39 is 18.5 Å². The van der Waals surface area contributed by atoms with E-state index in [1.54, 1.807) is 18.2 Å². The maximum Gasteiger partial charge on any atom is 0.338 e. The van der Waals surface area contributed by atoms with Gasteiger partial charge in [-0.1, -0.05) is 74.5 Å². The van der Waals surface area contributed by atoms with Gasteiger partial charge in [0.25, 0.3) is 5.91 Å². The molecule has 3 aromatic rings. The van der Waals surface area contributed by atoms with E-state index in [9.17, 15) is 9.59 Å². The van der Waals surface area contributed by atoms with Crippen molar-refractivity contribution in [2.45, 2.75) is 26.3 Å². The summed E-state index contributed by atoms with van der Waals surface area (Å²) in [5, 5.41) is 2.96. The summed E-state index contributed by atoms with van der Waals surface area (Å²) in [4.78, 5) is 25.2. The van der Waals surface area contributed by atoms with E-state index in [0.717, 1.165) is 17.5 Å². The summed E-state index contributed by atoms with van der Waals surface area (Å²) < 4.78 is 16.4. The number of carbonyl (C=O) groups excluding carboxylic acids is 2. The van der Waals surface area contributed by atoms with E-state index >= 15 is 0 Å². The molecular formula is C28H31NO5. The highest BCUT2D eigenvalue weighted by atomic mass is 16.5. The van der Waals surface area contributed by atoms with Crippen LogP contribution in [-0.2, 0) is 9.53 Å². The van der Waals surface area contributed by atoms with Crippen LogP contribution in [0, 0.1) is 5.92 Å². The number of methoxy groups -OCH3 is 1. The van der Waals surface area contributed by atoms with Crippen LogP contribution in [-0.4, -0.2) is 32.2 Å². The molecule has 0 bridgehead atoms. The van der Waals surface area contributed by atoms with Gasteiger partial charge in [0.05, 0.1) is 25.3 Å². The van der Waals surface area contributed by atoms with Crippen molar-refractivity contribution in [2.24, 2.45) is 5.92 Å². The largest absolute Gasteiger partial charge is 0.493 e. The zero-order valence-corrected chi connectivity index (χ0v) is 19.8. The molecule has 0 aliphatic heterocycles. The van der Waals surface area contributed by atoms with Crippen molar-refractivity contribution in [2.75, 3.05) is 20.3 Å². The molecule has 0 saturated carbocycles. The fourth-order valence-corrected chi connectivity index (χ4v) is 3.39. The number of esters is 1. The van der Waals surface area contributed by atoms with Gasteiger partial charge in [0, 0.05) is 0 Å². The van der Waals surface area contributed by atoms with Gasteiger partial charge in [-0.15, -0.1) is 0 Å². The Bertz CT molecular complexity index is 1030. The monoisotopic (exact) mass is 461 g/mol. The molecule has 178 valence electrons. The standard InChI is InChI=1S/C28H31NO5/c1-20(2)16-17-33-24-15-14-23(18-25(24)32-3)28(31)34-19-26(30)29-27(21-10-6-4-7-11-21)22-12-8-5-9-13-22/h4-15,18,20,27H,16-17,19H2,1-3H3,(H,29,30). The topological polar surface area (TPSA) is 73.9 Å². The third kappa shape index (κ3) is 7.10. The number of rotatable bonds is 11. The summed E-state index contributed by atoms with van der Waals surface area (Å²) in [5.74, 6) is 0.515. The van der Waals surface area contributed by atoms with E-state index in [4.69, 9.17) is 14.2 Å². The van der Waals surface area contributed by atoms with Crippen molar-refractivity contribution in [1.29, 1.82) is 0 Å². The number of hydrogen-bond donors (Lipinski definition) is 1. The van der Waals surface area contributed by atoms with Crippen molar-refractivity contribution in [3.05, 3.63) is 95.6 Å². The van der Waals surface area contributed by atoms with E-state index in [2.05, 4.69) is 19.2 Å². The molecule has 0 fully saturated rings. The molecule has 6 heteroatoms. The number of nitrogens with one attached hydrogen (secondary N) is 1. The molecule has 3 aromatic carbocycles. The smallest absolute Gasteiger partial charge is 0.338 e. The molecule has 0 heterocycles. The molecule has 0 aliphatic carbocycles. The fourth-order valence-electron chi connectivity index (χ4n) is 3.39. The average molecular weight is 462 g/mol. The highest BCUT2D eigenvalue weighted by Gasteiger charge is 2.19. The zero-order valence-electron chi connectivity index (χ0n) is 19.8. The lowest BCUT2D eigenvalue weighted by Gasteiger charge is -2.20. The predicted molar refractivity (Wildman–Crippen MR) is 131 cm³/mol. The first-order valence-electron chi connectivity index (χ1n) is 11.3. The summed E-state index contributed by atoms with van der Waals surface area (Å²) in [7, 11) is 1.51. The molecule has 3 rings (SSSR count). The summed E-state index contributed by atoms with van der Waals surface area (Å²) in [6.07, 6.45) is 0.912. The molecule has 0 radical (unpaired) electrons. The first-order chi connectivity index (χ1) is 16.5. The molecule has 1 N–H and O–H groups in total. The minimum atomic E-state index is -0.613. The Kier molecular flexibility index (Phi) is 9.09. The fraction of sp³-hybridized carbons (Fsp3) is 0.286. The van der Waals surface area contributed by atoms with Crippen LogP contribution in [0.2, 0.25) is 0 Å². The number of carbonyl (C=O) groups is 2. The Morgan fingerprint density at radius 2 is 1.47 bits per heavy atom. The van der Waals surface area contributed by atoms with Crippen molar-refractivity contribution in [3.63, 3.8) is 0 Å². The Hall–Kier alpha value is -3.80. The maximum absolute atomic E-state index is 12.7. The lowest BCUT2D eigenvalue weighted by molar-refractivity contribution is -0.124. The summed E-state index contributed by atoms with van der Waals surface area (Å²) in [5.41, 5.74) is 2.15. The maximum atomic E-state index is 12.7. The summed E-state index contributed by atoms with van der Waals surface area (Å²) in [6.45, 7) is 4.40. The van der Waals surface area contributed by atoms with Crippen molar-refractivity contribution < 1.29 is 23.8 Å². The minimum absolute atomic E-state index is 0.281. The number of hydrogen-bond acceptors (Lipinski definition) is 5. The molecular weight excluding hydrogens is 430 g/mol. The third-order valence-electron chi connectivity index (χ3n) is 5.26. The second-order valence-electron chi connectivity index (χ2n) is 8.29. The quantitative estimate of drug-likeness (QED) is 0.398. The SMILES string of the molecule is COc1cc(C(=O)OCC(=O)NC(c2ccccc2)c2ccccc2)ccc1OCCC(C)C. The predicted octanol–water partition coefficient (Wildman–Crippen LogP) is 5.18. The second kappa shape index (κ2) is 12.4. The number of benzene rings is 3. The molecule has 0 saturated heterocycles. The molecule has 34 heavy (non-hydrogen) atoms. The van der Waals surface area contributed by atoms with Crippen LogP contribution in [0.1, 0.15) is 47.8 Å². The molecule has 0 atom stereocenters. The van der Waals surface area contributed by atoms with Gasteiger partial charge in [0.1, 0.15) is 0 Å². The lowest BCUT2D eigenvalue weighted by atomic mass is 9.99. The van der Waals surface area contributed by atoms with E-state index in [1.807, 2.05) is 60.7 Å². The first-order valence-corrected chi connectivity index (χ1v) is 11.3. The third-order valence-corrected chi connectivity index (χ3v) is 5.26. The molecule has 6 nitrogen and oxygen atoms in total. The van der Waals surface area contributed by atoms with Crippen LogP contribution < -0.4 is 14.8 Å². The van der Waals surface area contributed by atoms with Crippen molar-refractivity contribution in [1.82, 2.24) is 5.32 Å². The van der Waals surface area contributed by atoms with Gasteiger partial charge in [-0.25, -0.2) is 4.79 Å². The van der Waals surface area contributed by atoms with Crippen molar-refractivity contribution in [3.8, 4) is 11.5 Å². The highest BCUT2D eigenvalue weighted by molar-refractivity contribution is 5.92.